The van der Waals surface area contributed by atoms with Gasteiger partial charge in [0.1, 0.15) is 11.2 Å². The molecule has 0 N–H and O–H groups in total. The van der Waals surface area contributed by atoms with Gasteiger partial charge in [0, 0.05) is 10.8 Å². The van der Waals surface area contributed by atoms with Gasteiger partial charge in [-0.3, -0.25) is 0 Å². The van der Waals surface area contributed by atoms with Crippen molar-refractivity contribution < 1.29 is 4.42 Å². The smallest absolute Gasteiger partial charge is 0.136 e. The highest BCUT2D eigenvalue weighted by Crippen LogP contribution is 2.50. The van der Waals surface area contributed by atoms with Crippen LogP contribution in [-0.2, 0) is 0 Å². The number of furan rings is 1. The molecule has 0 radical (unpaired) electrons. The molecule has 1 nitrogen and oxygen atoms in total. The number of hydrogen-bond donors (Lipinski definition) is 0. The van der Waals surface area contributed by atoms with Gasteiger partial charge < -0.3 is 4.42 Å². The molecule has 0 unspecified atom stereocenters. The van der Waals surface area contributed by atoms with Gasteiger partial charge in [-0.1, -0.05) is 176 Å². The standard InChI is InChI=1S/C50H32O/c1-3-16-33(17-4-1)36-20-7-8-22-41(36)48-42-23-9-11-25-44(42)50(45-26-12-10-24-43(45)48)49-37(34-18-5-2-6-19-34)27-15-28-38(49)35-30-31-40-39-21-13-14-29-46(39)51-47(40)32-35/h1-32H. The number of fused-ring (bicyclic) bond motifs is 5. The molecule has 0 saturated heterocycles. The Morgan fingerprint density at radius 1 is 0.235 bits per heavy atom. The largest absolute Gasteiger partial charge is 0.456 e. The maximum Gasteiger partial charge on any atom is 0.136 e. The average Bonchev–Trinajstić information content (AvgIpc) is 3.58. The molecule has 0 spiro atoms. The maximum atomic E-state index is 6.43. The zero-order valence-corrected chi connectivity index (χ0v) is 27.9. The summed E-state index contributed by atoms with van der Waals surface area (Å²) in [5.74, 6) is 0. The highest BCUT2D eigenvalue weighted by molar-refractivity contribution is 6.24. The molecule has 0 bridgehead atoms. The minimum Gasteiger partial charge on any atom is -0.456 e. The molecule has 10 aromatic rings. The summed E-state index contributed by atoms with van der Waals surface area (Å²) in [6.07, 6.45) is 0. The minimum absolute atomic E-state index is 0.896. The summed E-state index contributed by atoms with van der Waals surface area (Å²) in [6, 6.07) is 70.0. The van der Waals surface area contributed by atoms with E-state index >= 15 is 0 Å². The number of rotatable bonds is 5. The fourth-order valence-corrected chi connectivity index (χ4v) is 8.07. The van der Waals surface area contributed by atoms with Crippen molar-refractivity contribution in [1.29, 1.82) is 0 Å². The summed E-state index contributed by atoms with van der Waals surface area (Å²) in [4.78, 5) is 0. The van der Waals surface area contributed by atoms with Gasteiger partial charge in [-0.2, -0.15) is 0 Å². The molecular formula is C50H32O. The molecule has 238 valence electrons. The first-order chi connectivity index (χ1) is 25.3. The van der Waals surface area contributed by atoms with Crippen LogP contribution in [0.1, 0.15) is 0 Å². The summed E-state index contributed by atoms with van der Waals surface area (Å²) in [5.41, 5.74) is 13.9. The minimum atomic E-state index is 0.896. The first-order valence-electron chi connectivity index (χ1n) is 17.5. The molecule has 0 atom stereocenters. The van der Waals surface area contributed by atoms with Crippen LogP contribution in [0.15, 0.2) is 199 Å². The van der Waals surface area contributed by atoms with Crippen LogP contribution in [-0.4, -0.2) is 0 Å². The third-order valence-electron chi connectivity index (χ3n) is 10.3. The maximum absolute atomic E-state index is 6.43. The molecule has 1 heteroatoms. The van der Waals surface area contributed by atoms with Crippen molar-refractivity contribution in [2.45, 2.75) is 0 Å². The molecule has 0 aliphatic heterocycles. The molecule has 0 saturated carbocycles. The van der Waals surface area contributed by atoms with E-state index in [1.165, 1.54) is 71.6 Å². The normalized spacial score (nSPS) is 11.5. The highest BCUT2D eigenvalue weighted by atomic mass is 16.3. The van der Waals surface area contributed by atoms with E-state index < -0.39 is 0 Å². The van der Waals surface area contributed by atoms with E-state index in [9.17, 15) is 0 Å². The van der Waals surface area contributed by atoms with Crippen LogP contribution < -0.4 is 0 Å². The van der Waals surface area contributed by atoms with Gasteiger partial charge in [0.2, 0.25) is 0 Å². The third kappa shape index (κ3) is 4.78. The topological polar surface area (TPSA) is 13.1 Å². The molecule has 0 aliphatic rings. The van der Waals surface area contributed by atoms with Crippen LogP contribution in [0.4, 0.5) is 0 Å². The first-order valence-corrected chi connectivity index (χ1v) is 17.5. The molecule has 9 aromatic carbocycles. The van der Waals surface area contributed by atoms with Crippen molar-refractivity contribution >= 4 is 43.5 Å². The molecule has 0 fully saturated rings. The lowest BCUT2D eigenvalue weighted by atomic mass is 9.80. The zero-order valence-electron chi connectivity index (χ0n) is 27.9. The molecular weight excluding hydrogens is 617 g/mol. The Hall–Kier alpha value is -6.70. The molecule has 1 heterocycles. The Balaban J connectivity index is 1.33. The molecule has 10 rings (SSSR count). The highest BCUT2D eigenvalue weighted by Gasteiger charge is 2.23. The average molecular weight is 649 g/mol. The molecule has 0 aliphatic carbocycles. The van der Waals surface area contributed by atoms with Crippen molar-refractivity contribution in [2.75, 3.05) is 0 Å². The van der Waals surface area contributed by atoms with Crippen LogP contribution in [0.2, 0.25) is 0 Å². The van der Waals surface area contributed by atoms with Crippen molar-refractivity contribution in [3.63, 3.8) is 0 Å². The number of hydrogen-bond acceptors (Lipinski definition) is 1. The van der Waals surface area contributed by atoms with Crippen LogP contribution in [0.25, 0.3) is 99.1 Å². The second-order valence-electron chi connectivity index (χ2n) is 13.2. The van der Waals surface area contributed by atoms with Crippen LogP contribution in [0.5, 0.6) is 0 Å². The van der Waals surface area contributed by atoms with Gasteiger partial charge in [0.05, 0.1) is 0 Å². The summed E-state index contributed by atoms with van der Waals surface area (Å²) in [5, 5.41) is 7.19. The zero-order chi connectivity index (χ0) is 33.7. The van der Waals surface area contributed by atoms with Crippen LogP contribution >= 0.6 is 0 Å². The van der Waals surface area contributed by atoms with Gasteiger partial charge in [-0.05, 0) is 95.4 Å². The van der Waals surface area contributed by atoms with Gasteiger partial charge >= 0.3 is 0 Å². The fraction of sp³-hybridized carbons (Fsp3) is 0. The summed E-state index contributed by atoms with van der Waals surface area (Å²) in [6.45, 7) is 0. The lowest BCUT2D eigenvalue weighted by molar-refractivity contribution is 0.669. The van der Waals surface area contributed by atoms with E-state index in [0.717, 1.165) is 27.5 Å². The van der Waals surface area contributed by atoms with E-state index in [1.807, 2.05) is 12.1 Å². The SMILES string of the molecule is c1ccc(-c2ccccc2-c2c3ccccc3c(-c3c(-c4ccccc4)cccc3-c3ccc4c(c3)oc3ccccc34)c3ccccc23)cc1. The fourth-order valence-electron chi connectivity index (χ4n) is 8.07. The van der Waals surface area contributed by atoms with Crippen molar-refractivity contribution in [2.24, 2.45) is 0 Å². The van der Waals surface area contributed by atoms with E-state index in [1.54, 1.807) is 0 Å². The lowest BCUT2D eigenvalue weighted by Crippen LogP contribution is -1.96. The third-order valence-corrected chi connectivity index (χ3v) is 10.3. The van der Waals surface area contributed by atoms with E-state index in [2.05, 4.69) is 182 Å². The Morgan fingerprint density at radius 3 is 1.33 bits per heavy atom. The summed E-state index contributed by atoms with van der Waals surface area (Å²) < 4.78 is 6.43. The Kier molecular flexibility index (Phi) is 6.89. The van der Waals surface area contributed by atoms with Crippen LogP contribution in [0.3, 0.4) is 0 Å². The van der Waals surface area contributed by atoms with E-state index in [4.69, 9.17) is 4.42 Å². The number of benzene rings is 9. The Bertz CT molecular complexity index is 2840. The summed E-state index contributed by atoms with van der Waals surface area (Å²) >= 11 is 0. The van der Waals surface area contributed by atoms with Gasteiger partial charge in [0.25, 0.3) is 0 Å². The van der Waals surface area contributed by atoms with Crippen molar-refractivity contribution in [1.82, 2.24) is 0 Å². The predicted octanol–water partition coefficient (Wildman–Crippen LogP) is 14.2. The second kappa shape index (κ2) is 12.0. The number of para-hydroxylation sites is 1. The van der Waals surface area contributed by atoms with Crippen molar-refractivity contribution in [3.8, 4) is 55.6 Å². The molecule has 0 amide bonds. The Morgan fingerprint density at radius 2 is 0.686 bits per heavy atom. The molecule has 1 aromatic heterocycles. The van der Waals surface area contributed by atoms with E-state index in [0.29, 0.717) is 0 Å². The lowest BCUT2D eigenvalue weighted by Gasteiger charge is -2.23. The monoisotopic (exact) mass is 648 g/mol. The first kappa shape index (κ1) is 29.2. The van der Waals surface area contributed by atoms with Crippen molar-refractivity contribution in [3.05, 3.63) is 194 Å². The quantitative estimate of drug-likeness (QED) is 0.169. The van der Waals surface area contributed by atoms with Gasteiger partial charge in [0.15, 0.2) is 0 Å². The van der Waals surface area contributed by atoms with Gasteiger partial charge in [-0.15, -0.1) is 0 Å². The Labute approximate surface area is 296 Å². The van der Waals surface area contributed by atoms with Gasteiger partial charge in [-0.25, -0.2) is 0 Å². The van der Waals surface area contributed by atoms with Crippen LogP contribution in [0, 0.1) is 0 Å². The summed E-state index contributed by atoms with van der Waals surface area (Å²) in [7, 11) is 0. The van der Waals surface area contributed by atoms with E-state index in [-0.39, 0.29) is 0 Å². The predicted molar refractivity (Wildman–Crippen MR) is 216 cm³/mol. The molecule has 51 heavy (non-hydrogen) atoms. The second-order valence-corrected chi connectivity index (χ2v) is 13.2.